The first-order valence-corrected chi connectivity index (χ1v) is 7.02. The SMILES string of the molecule is Cc1cccc(-c2ccccc2Cc2ccccc2)c1. The van der Waals surface area contributed by atoms with Gasteiger partial charge in [0.15, 0.2) is 0 Å². The zero-order chi connectivity index (χ0) is 13.8. The molecule has 3 rings (SSSR count). The molecule has 0 amide bonds. The average molecular weight is 258 g/mol. The number of hydrogen-bond acceptors (Lipinski definition) is 0. The lowest BCUT2D eigenvalue weighted by atomic mass is 9.94. The fraction of sp³-hybridized carbons (Fsp3) is 0.100. The van der Waals surface area contributed by atoms with Crippen molar-refractivity contribution in [2.24, 2.45) is 0 Å². The van der Waals surface area contributed by atoms with Crippen LogP contribution >= 0.6 is 0 Å². The Morgan fingerprint density at radius 2 is 1.45 bits per heavy atom. The van der Waals surface area contributed by atoms with Gasteiger partial charge in [0, 0.05) is 0 Å². The molecule has 3 aromatic rings. The van der Waals surface area contributed by atoms with Crippen molar-refractivity contribution in [2.45, 2.75) is 13.3 Å². The minimum Gasteiger partial charge on any atom is -0.0622 e. The molecule has 98 valence electrons. The molecule has 0 nitrogen and oxygen atoms in total. The molecule has 3 aromatic carbocycles. The van der Waals surface area contributed by atoms with Crippen molar-refractivity contribution in [1.82, 2.24) is 0 Å². The minimum atomic E-state index is 0.977. The average Bonchev–Trinajstić information content (AvgIpc) is 2.49. The highest BCUT2D eigenvalue weighted by Crippen LogP contribution is 2.26. The van der Waals surface area contributed by atoms with Gasteiger partial charge in [-0.25, -0.2) is 0 Å². The standard InChI is InChI=1S/C20H18/c1-16-8-7-12-18(14-16)20-13-6-5-11-19(20)15-17-9-3-2-4-10-17/h2-14H,15H2,1H3. The van der Waals surface area contributed by atoms with Crippen LogP contribution in [0.15, 0.2) is 78.9 Å². The van der Waals surface area contributed by atoms with E-state index in [-0.39, 0.29) is 0 Å². The van der Waals surface area contributed by atoms with E-state index in [0.29, 0.717) is 0 Å². The molecule has 0 unspecified atom stereocenters. The Bertz CT molecular complexity index is 696. The van der Waals surface area contributed by atoms with Gasteiger partial charge in [0.2, 0.25) is 0 Å². The molecule has 0 N–H and O–H groups in total. The maximum Gasteiger partial charge on any atom is -0.00196 e. The van der Waals surface area contributed by atoms with Crippen LogP contribution in [0.1, 0.15) is 16.7 Å². The molecular formula is C20H18. The highest BCUT2D eigenvalue weighted by molar-refractivity contribution is 5.68. The van der Waals surface area contributed by atoms with Crippen LogP contribution in [0.3, 0.4) is 0 Å². The third-order valence-corrected chi connectivity index (χ3v) is 3.58. The summed E-state index contributed by atoms with van der Waals surface area (Å²) in [6.45, 7) is 2.14. The molecule has 0 aliphatic carbocycles. The van der Waals surface area contributed by atoms with Gasteiger partial charge in [-0.2, -0.15) is 0 Å². The molecule has 0 aliphatic heterocycles. The Morgan fingerprint density at radius 3 is 2.25 bits per heavy atom. The van der Waals surface area contributed by atoms with Crippen LogP contribution in [0.4, 0.5) is 0 Å². The van der Waals surface area contributed by atoms with Crippen molar-refractivity contribution in [3.63, 3.8) is 0 Å². The monoisotopic (exact) mass is 258 g/mol. The summed E-state index contributed by atoms with van der Waals surface area (Å²) in [5, 5.41) is 0. The highest BCUT2D eigenvalue weighted by atomic mass is 14.1. The molecule has 0 heteroatoms. The van der Waals surface area contributed by atoms with Gasteiger partial charge < -0.3 is 0 Å². The van der Waals surface area contributed by atoms with Gasteiger partial charge in [0.1, 0.15) is 0 Å². The number of benzene rings is 3. The Hall–Kier alpha value is -2.34. The number of hydrogen-bond donors (Lipinski definition) is 0. The molecule has 0 saturated carbocycles. The summed E-state index contributed by atoms with van der Waals surface area (Å²) in [7, 11) is 0. The topological polar surface area (TPSA) is 0 Å². The van der Waals surface area contributed by atoms with Gasteiger partial charge in [-0.1, -0.05) is 84.4 Å². The van der Waals surface area contributed by atoms with E-state index in [4.69, 9.17) is 0 Å². The molecule has 0 radical (unpaired) electrons. The predicted molar refractivity (Wildman–Crippen MR) is 85.9 cm³/mol. The van der Waals surface area contributed by atoms with Crippen molar-refractivity contribution in [2.75, 3.05) is 0 Å². The molecule has 0 aromatic heterocycles. The minimum absolute atomic E-state index is 0.977. The maximum absolute atomic E-state index is 2.25. The quantitative estimate of drug-likeness (QED) is 0.601. The van der Waals surface area contributed by atoms with Gasteiger partial charge >= 0.3 is 0 Å². The molecular weight excluding hydrogens is 240 g/mol. The van der Waals surface area contributed by atoms with E-state index < -0.39 is 0 Å². The van der Waals surface area contributed by atoms with E-state index in [0.717, 1.165) is 6.42 Å². The zero-order valence-electron chi connectivity index (χ0n) is 11.7. The van der Waals surface area contributed by atoms with Crippen LogP contribution in [0, 0.1) is 6.92 Å². The number of rotatable bonds is 3. The van der Waals surface area contributed by atoms with Gasteiger partial charge in [-0.15, -0.1) is 0 Å². The van der Waals surface area contributed by atoms with Crippen molar-refractivity contribution in [3.05, 3.63) is 95.6 Å². The smallest absolute Gasteiger partial charge is 0.00196 e. The Balaban J connectivity index is 2.00. The summed E-state index contributed by atoms with van der Waals surface area (Å²) in [6.07, 6.45) is 0.977. The Kier molecular flexibility index (Phi) is 3.64. The molecule has 0 heterocycles. The molecule has 20 heavy (non-hydrogen) atoms. The first kappa shape index (κ1) is 12.7. The Labute approximate surface area is 120 Å². The second-order valence-corrected chi connectivity index (χ2v) is 5.19. The summed E-state index contributed by atoms with van der Waals surface area (Å²) in [4.78, 5) is 0. The van der Waals surface area contributed by atoms with Crippen molar-refractivity contribution in [3.8, 4) is 11.1 Å². The first-order valence-electron chi connectivity index (χ1n) is 7.02. The van der Waals surface area contributed by atoms with Gasteiger partial charge in [-0.3, -0.25) is 0 Å². The predicted octanol–water partition coefficient (Wildman–Crippen LogP) is 5.25. The lowest BCUT2D eigenvalue weighted by molar-refractivity contribution is 1.19. The molecule has 0 spiro atoms. The lowest BCUT2D eigenvalue weighted by Crippen LogP contribution is -1.92. The largest absolute Gasteiger partial charge is 0.0622 e. The molecule has 0 atom stereocenters. The summed E-state index contributed by atoms with van der Waals surface area (Å²) >= 11 is 0. The summed E-state index contributed by atoms with van der Waals surface area (Å²) in [6, 6.07) is 28.0. The van der Waals surface area contributed by atoms with Crippen LogP contribution in [0.25, 0.3) is 11.1 Å². The van der Waals surface area contributed by atoms with Gasteiger partial charge in [0.05, 0.1) is 0 Å². The van der Waals surface area contributed by atoms with Gasteiger partial charge in [0.25, 0.3) is 0 Å². The van der Waals surface area contributed by atoms with E-state index in [2.05, 4.69) is 85.8 Å². The van der Waals surface area contributed by atoms with Crippen LogP contribution in [0.2, 0.25) is 0 Å². The van der Waals surface area contributed by atoms with Crippen molar-refractivity contribution < 1.29 is 0 Å². The molecule has 0 fully saturated rings. The number of aryl methyl sites for hydroxylation is 1. The first-order chi connectivity index (χ1) is 9.83. The van der Waals surface area contributed by atoms with E-state index in [1.54, 1.807) is 0 Å². The molecule has 0 aliphatic rings. The molecule has 0 saturated heterocycles. The fourth-order valence-corrected chi connectivity index (χ4v) is 2.58. The van der Waals surface area contributed by atoms with Crippen LogP contribution in [-0.2, 0) is 6.42 Å². The maximum atomic E-state index is 2.25. The second kappa shape index (κ2) is 5.75. The highest BCUT2D eigenvalue weighted by Gasteiger charge is 2.05. The van der Waals surface area contributed by atoms with E-state index in [9.17, 15) is 0 Å². The van der Waals surface area contributed by atoms with Gasteiger partial charge in [-0.05, 0) is 35.6 Å². The van der Waals surface area contributed by atoms with E-state index in [1.165, 1.54) is 27.8 Å². The second-order valence-electron chi connectivity index (χ2n) is 5.19. The van der Waals surface area contributed by atoms with Crippen molar-refractivity contribution in [1.29, 1.82) is 0 Å². The summed E-state index contributed by atoms with van der Waals surface area (Å²) in [5.74, 6) is 0. The van der Waals surface area contributed by atoms with Crippen LogP contribution < -0.4 is 0 Å². The van der Waals surface area contributed by atoms with E-state index in [1.807, 2.05) is 0 Å². The summed E-state index contributed by atoms with van der Waals surface area (Å²) < 4.78 is 0. The van der Waals surface area contributed by atoms with Crippen LogP contribution in [-0.4, -0.2) is 0 Å². The fourth-order valence-electron chi connectivity index (χ4n) is 2.58. The third-order valence-electron chi connectivity index (χ3n) is 3.58. The summed E-state index contributed by atoms with van der Waals surface area (Å²) in [5.41, 5.74) is 6.67. The lowest BCUT2D eigenvalue weighted by Gasteiger charge is -2.10. The van der Waals surface area contributed by atoms with E-state index >= 15 is 0 Å². The third kappa shape index (κ3) is 2.80. The Morgan fingerprint density at radius 1 is 0.700 bits per heavy atom. The van der Waals surface area contributed by atoms with Crippen LogP contribution in [0.5, 0.6) is 0 Å². The molecule has 0 bridgehead atoms. The zero-order valence-corrected chi connectivity index (χ0v) is 11.7. The normalized spacial score (nSPS) is 10.4. The van der Waals surface area contributed by atoms with Crippen molar-refractivity contribution >= 4 is 0 Å².